The molecule has 1 amide bonds. The second kappa shape index (κ2) is 20.1. The summed E-state index contributed by atoms with van der Waals surface area (Å²) < 4.78 is 26.5. The van der Waals surface area contributed by atoms with Crippen molar-refractivity contribution in [2.24, 2.45) is 0 Å². The third kappa shape index (κ3) is 12.1. The molecule has 14 nitrogen and oxygen atoms in total. The Labute approximate surface area is 255 Å². The van der Waals surface area contributed by atoms with E-state index in [1.165, 1.54) is 50.0 Å². The molecule has 2 aliphatic heterocycles. The maximum Gasteiger partial charge on any atom is 0.261 e. The van der Waals surface area contributed by atoms with Crippen LogP contribution in [0.4, 0.5) is 38.3 Å². The molecule has 0 aromatic carbocycles. The van der Waals surface area contributed by atoms with Gasteiger partial charge in [0.25, 0.3) is 6.43 Å². The summed E-state index contributed by atoms with van der Waals surface area (Å²) in [7, 11) is 0. The first-order valence-corrected chi connectivity index (χ1v) is 13.7. The number of terminal acetylenes is 2. The molecule has 3 aliphatic rings. The number of amides is 1. The topological polar surface area (TPSA) is 170 Å². The van der Waals surface area contributed by atoms with Crippen molar-refractivity contribution in [2.75, 3.05) is 66.4 Å². The normalized spacial score (nSPS) is 15.1. The Morgan fingerprint density at radius 1 is 1.00 bits per heavy atom. The highest BCUT2D eigenvalue weighted by molar-refractivity contribution is 5.67. The lowest BCUT2D eigenvalue weighted by Crippen LogP contribution is -2.38. The van der Waals surface area contributed by atoms with Crippen molar-refractivity contribution >= 4 is 35.9 Å². The molecule has 1 saturated carbocycles. The van der Waals surface area contributed by atoms with Crippen LogP contribution >= 0.6 is 0 Å². The summed E-state index contributed by atoms with van der Waals surface area (Å²) in [6.45, 7) is 3.99. The number of hydrogen-bond acceptors (Lipinski definition) is 12. The molecule has 16 heteroatoms. The number of aromatic nitrogens is 7. The van der Waals surface area contributed by atoms with Gasteiger partial charge in [-0.15, -0.1) is 25.7 Å². The zero-order valence-electron chi connectivity index (χ0n) is 24.2. The average Bonchev–Trinajstić information content (AvgIpc) is 3.57. The van der Waals surface area contributed by atoms with E-state index in [0.29, 0.717) is 43.3 Å². The van der Waals surface area contributed by atoms with E-state index in [-0.39, 0.29) is 0 Å². The summed E-state index contributed by atoms with van der Waals surface area (Å²) in [6, 6.07) is 2.06. The van der Waals surface area contributed by atoms with Gasteiger partial charge in [0.1, 0.15) is 6.61 Å². The van der Waals surface area contributed by atoms with Crippen molar-refractivity contribution in [3.8, 4) is 25.7 Å². The summed E-state index contributed by atoms with van der Waals surface area (Å²) in [6.07, 6.45) is 23.4. The van der Waals surface area contributed by atoms with Gasteiger partial charge >= 0.3 is 0 Å². The van der Waals surface area contributed by atoms with E-state index in [0.717, 1.165) is 37.9 Å². The number of anilines is 5. The third-order valence-electron chi connectivity index (χ3n) is 6.06. The van der Waals surface area contributed by atoms with Crippen LogP contribution in [0.1, 0.15) is 37.3 Å². The highest BCUT2D eigenvalue weighted by Crippen LogP contribution is 2.39. The van der Waals surface area contributed by atoms with Gasteiger partial charge in [-0.3, -0.25) is 14.9 Å². The van der Waals surface area contributed by atoms with E-state index in [2.05, 4.69) is 82.3 Å². The molecule has 0 bridgehead atoms. The Bertz CT molecular complexity index is 1260. The molecule has 0 radical (unpaired) electrons. The molecule has 5 heterocycles. The second-order valence-electron chi connectivity index (χ2n) is 9.09. The number of hydrogen-bond donors (Lipinski definition) is 4. The van der Waals surface area contributed by atoms with Crippen molar-refractivity contribution in [3.63, 3.8) is 0 Å². The molecular weight excluding hydrogens is 576 g/mol. The first-order chi connectivity index (χ1) is 21.6. The summed E-state index contributed by atoms with van der Waals surface area (Å²) in [5.41, 5.74) is 1.19. The highest BCUT2D eigenvalue weighted by Gasteiger charge is 2.26. The summed E-state index contributed by atoms with van der Waals surface area (Å²) in [4.78, 5) is 35.7. The first kappa shape index (κ1) is 35.3. The van der Waals surface area contributed by atoms with Gasteiger partial charge in [-0.25, -0.2) is 13.8 Å². The minimum atomic E-state index is -2.56. The third-order valence-corrected chi connectivity index (χ3v) is 6.06. The van der Waals surface area contributed by atoms with E-state index in [9.17, 15) is 13.6 Å². The Kier molecular flexibility index (Phi) is 16.1. The summed E-state index contributed by atoms with van der Waals surface area (Å²) in [5, 5.41) is 20.5. The van der Waals surface area contributed by atoms with E-state index in [4.69, 9.17) is 14.8 Å². The zero-order chi connectivity index (χ0) is 32.2. The van der Waals surface area contributed by atoms with Crippen molar-refractivity contribution in [3.05, 3.63) is 30.4 Å². The molecule has 3 aromatic heterocycles. The van der Waals surface area contributed by atoms with Gasteiger partial charge in [0.2, 0.25) is 24.3 Å². The molecular formula is C28H37F2N11O3. The fourth-order valence-corrected chi connectivity index (χ4v) is 3.93. The molecule has 3 fully saturated rings. The minimum Gasteiger partial charge on any atom is -0.390 e. The number of nitrogens with one attached hydrogen (secondary N) is 3. The smallest absolute Gasteiger partial charge is 0.261 e. The minimum absolute atomic E-state index is 0.465. The van der Waals surface area contributed by atoms with E-state index in [1.807, 2.05) is 0 Å². The van der Waals surface area contributed by atoms with Crippen LogP contribution in [0, 0.1) is 25.7 Å². The second-order valence-corrected chi connectivity index (χ2v) is 9.09. The molecule has 236 valence electrons. The predicted molar refractivity (Wildman–Crippen MR) is 163 cm³/mol. The number of H-pyrrole nitrogens is 1. The van der Waals surface area contributed by atoms with Crippen LogP contribution in [0.2, 0.25) is 0 Å². The Morgan fingerprint density at radius 3 is 2.14 bits per heavy atom. The largest absolute Gasteiger partial charge is 0.390 e. The fraction of sp³-hybridized carbons (Fsp3) is 0.464. The highest BCUT2D eigenvalue weighted by atomic mass is 19.3. The standard InChI is InChI=1S/C17H24N8O.C5H5N3O.C2H4F2O.2C2H2/c1-2-6-24(5-1)16-19-15(18-14-11-13(22-23-14)12-3-4-12)20-17(21-16)25-7-9-26-10-8-25;9-4-8-5-3-6-1-2-7-5;3-2(4)1-5;2*1-2/h11-12H,1-10H2,(H2,18,19,20,21,22,23);1-4H,(H,7,8,9);2,5H,1H2;2*1-2H. The van der Waals surface area contributed by atoms with Crippen LogP contribution in [0.25, 0.3) is 0 Å². The number of rotatable bonds is 8. The van der Waals surface area contributed by atoms with Gasteiger partial charge in [0.15, 0.2) is 11.6 Å². The van der Waals surface area contributed by atoms with Crippen LogP contribution in [0.5, 0.6) is 0 Å². The van der Waals surface area contributed by atoms with Gasteiger partial charge in [-0.2, -0.15) is 20.1 Å². The number of morpholine rings is 1. The number of aliphatic hydroxyl groups excluding tert-OH is 1. The molecule has 2 saturated heterocycles. The molecule has 4 N–H and O–H groups in total. The maximum atomic E-state index is 10.5. The fourth-order valence-electron chi connectivity index (χ4n) is 3.93. The molecule has 0 spiro atoms. The number of aliphatic hydroxyl groups is 1. The van der Waals surface area contributed by atoms with Gasteiger partial charge in [0, 0.05) is 56.3 Å². The number of halogens is 2. The maximum absolute atomic E-state index is 10.5. The average molecular weight is 614 g/mol. The van der Waals surface area contributed by atoms with Crippen LogP contribution < -0.4 is 20.4 Å². The van der Waals surface area contributed by atoms with Gasteiger partial charge < -0.3 is 30.3 Å². The van der Waals surface area contributed by atoms with E-state index >= 15 is 0 Å². The first-order valence-electron chi connectivity index (χ1n) is 13.7. The monoisotopic (exact) mass is 613 g/mol. The Hall–Kier alpha value is -4.93. The summed E-state index contributed by atoms with van der Waals surface area (Å²) in [5.74, 6) is 3.88. The summed E-state index contributed by atoms with van der Waals surface area (Å²) >= 11 is 0. The Morgan fingerprint density at radius 2 is 1.61 bits per heavy atom. The predicted octanol–water partition coefficient (Wildman–Crippen LogP) is 2.44. The Balaban J connectivity index is 0.000000311. The lowest BCUT2D eigenvalue weighted by atomic mass is 10.3. The van der Waals surface area contributed by atoms with Crippen LogP contribution in [0.3, 0.4) is 0 Å². The van der Waals surface area contributed by atoms with Gasteiger partial charge in [-0.05, 0) is 25.7 Å². The molecule has 3 aromatic rings. The van der Waals surface area contributed by atoms with Gasteiger partial charge in [-0.1, -0.05) is 0 Å². The van der Waals surface area contributed by atoms with Crippen LogP contribution in [0.15, 0.2) is 24.7 Å². The molecule has 44 heavy (non-hydrogen) atoms. The molecule has 6 rings (SSSR count). The lowest BCUT2D eigenvalue weighted by Gasteiger charge is -2.27. The number of nitrogens with zero attached hydrogens (tertiary/aromatic N) is 8. The SMILES string of the molecule is C#C.C#C.O=CNc1cnccn1.OCC(F)F.c1c(Nc2nc(N3CCCC3)nc(N3CCOCC3)n2)n[nH]c1C1CC1. The van der Waals surface area contributed by atoms with Crippen molar-refractivity contribution < 1.29 is 23.4 Å². The number of carbonyl (C=O) groups is 1. The lowest BCUT2D eigenvalue weighted by molar-refractivity contribution is -0.105. The number of carbonyl (C=O) groups excluding carboxylic acids is 1. The molecule has 0 atom stereocenters. The van der Waals surface area contributed by atoms with Gasteiger partial charge in [0.05, 0.1) is 19.4 Å². The molecule has 1 aliphatic carbocycles. The van der Waals surface area contributed by atoms with Crippen LogP contribution in [-0.2, 0) is 9.53 Å². The van der Waals surface area contributed by atoms with Crippen molar-refractivity contribution in [2.45, 2.75) is 38.0 Å². The zero-order valence-corrected chi connectivity index (χ0v) is 24.2. The van der Waals surface area contributed by atoms with Crippen LogP contribution in [-0.4, -0.2) is 99.1 Å². The quantitative estimate of drug-likeness (QED) is 0.217. The number of aromatic amines is 1. The van der Waals surface area contributed by atoms with E-state index < -0.39 is 13.0 Å². The molecule has 0 unspecified atom stereocenters. The van der Waals surface area contributed by atoms with Crippen molar-refractivity contribution in [1.82, 2.24) is 35.1 Å². The van der Waals surface area contributed by atoms with Crippen molar-refractivity contribution in [1.29, 1.82) is 0 Å². The van der Waals surface area contributed by atoms with E-state index in [1.54, 1.807) is 0 Å². The number of ether oxygens (including phenoxy) is 1. The number of alkyl halides is 2.